The lowest BCUT2D eigenvalue weighted by molar-refractivity contribution is -0.145. The number of hydrogen-bond donors (Lipinski definition) is 1. The Kier molecular flexibility index (Phi) is 5.94. The Morgan fingerprint density at radius 1 is 1.00 bits per heavy atom. The van der Waals surface area contributed by atoms with E-state index in [0.29, 0.717) is 5.57 Å². The lowest BCUT2D eigenvalue weighted by Crippen LogP contribution is -2.60. The quantitative estimate of drug-likeness (QED) is 0.326. The summed E-state index contributed by atoms with van der Waals surface area (Å²) < 4.78 is 19.6. The number of carbonyl (C=O) groups excluding carboxylic acids is 4. The zero-order chi connectivity index (χ0) is 28.9. The highest BCUT2D eigenvalue weighted by molar-refractivity contribution is 6.58. The zero-order valence-electron chi connectivity index (χ0n) is 22.0. The van der Waals surface area contributed by atoms with E-state index in [9.17, 15) is 28.7 Å². The van der Waals surface area contributed by atoms with Crippen molar-refractivity contribution in [2.24, 2.45) is 17.8 Å². The number of furan rings is 1. The number of aliphatic hydroxyl groups excluding tert-OH is 1. The molecular weight excluding hydrogens is 562 g/mol. The molecule has 8 nitrogen and oxygen atoms in total. The van der Waals surface area contributed by atoms with Crippen molar-refractivity contribution in [3.8, 4) is 0 Å². The van der Waals surface area contributed by atoms with Gasteiger partial charge in [0, 0.05) is 5.54 Å². The highest BCUT2D eigenvalue weighted by Crippen LogP contribution is 2.66. The molecule has 6 atom stereocenters. The predicted molar refractivity (Wildman–Crippen MR) is 143 cm³/mol. The van der Waals surface area contributed by atoms with Crippen LogP contribution < -0.4 is 4.90 Å². The Labute approximate surface area is 239 Å². The summed E-state index contributed by atoms with van der Waals surface area (Å²) in [5.74, 6) is -5.62. The van der Waals surface area contributed by atoms with Gasteiger partial charge in [-0.2, -0.15) is 0 Å². The number of rotatable bonds is 3. The minimum atomic E-state index is -2.07. The van der Waals surface area contributed by atoms with Crippen molar-refractivity contribution in [1.29, 1.82) is 0 Å². The largest absolute Gasteiger partial charge is 0.463 e. The predicted octanol–water partition coefficient (Wildman–Crippen LogP) is 4.27. The number of imide groups is 2. The van der Waals surface area contributed by atoms with Gasteiger partial charge in [-0.05, 0) is 75.9 Å². The monoisotopic (exact) mass is 588 g/mol. The molecule has 0 spiro atoms. The first-order valence-corrected chi connectivity index (χ1v) is 13.8. The van der Waals surface area contributed by atoms with E-state index in [4.69, 9.17) is 27.6 Å². The first-order chi connectivity index (χ1) is 18.8. The number of aliphatic hydroxyl groups is 1. The van der Waals surface area contributed by atoms with Gasteiger partial charge < -0.3 is 9.52 Å². The molecule has 2 aliphatic heterocycles. The van der Waals surface area contributed by atoms with Gasteiger partial charge in [0.25, 0.3) is 11.8 Å². The first kappa shape index (κ1) is 27.2. The van der Waals surface area contributed by atoms with Gasteiger partial charge in [0.05, 0.1) is 23.4 Å². The number of nitrogens with zero attached hydrogens (tertiary/aromatic N) is 2. The van der Waals surface area contributed by atoms with Gasteiger partial charge in [-0.25, -0.2) is 9.29 Å². The van der Waals surface area contributed by atoms with E-state index in [2.05, 4.69) is 0 Å². The number of allylic oxidation sites excluding steroid dienone is 2. The number of alkyl halides is 2. The van der Waals surface area contributed by atoms with Crippen LogP contribution in [-0.2, 0) is 25.8 Å². The summed E-state index contributed by atoms with van der Waals surface area (Å²) in [5.41, 5.74) is -0.0733. The second kappa shape index (κ2) is 8.74. The molecule has 2 aliphatic carbocycles. The van der Waals surface area contributed by atoms with Crippen LogP contribution >= 0.6 is 23.2 Å². The van der Waals surface area contributed by atoms with Crippen LogP contribution in [0.25, 0.3) is 0 Å². The van der Waals surface area contributed by atoms with E-state index in [1.54, 1.807) is 26.8 Å². The Morgan fingerprint density at radius 3 is 2.27 bits per heavy atom. The maximum atomic E-state index is 14.2. The molecule has 3 heterocycles. The normalized spacial score (nSPS) is 33.7. The van der Waals surface area contributed by atoms with E-state index >= 15 is 0 Å². The third kappa shape index (κ3) is 3.40. The van der Waals surface area contributed by atoms with Crippen LogP contribution in [0.1, 0.15) is 51.1 Å². The standard InChI is InChI=1S/C29H27Cl2FN2O6/c1-27(2,3)34-23(36)18-10-9-17-19(21(18)24(34)37)12-28(30)25(38)33(15-6-4-14(32)5-7-15)26(39)29(28,31)22(17)20-11-8-16(13-35)40-20/h4-9,11,18-19,21-22,35H,10,12-13H2,1-3H3/t18-,19+,21-,22+,28+,29-/m0/s1. The third-order valence-corrected chi connectivity index (χ3v) is 10.1. The number of halogens is 3. The first-order valence-electron chi connectivity index (χ1n) is 13.1. The van der Waals surface area contributed by atoms with E-state index in [0.717, 1.165) is 17.0 Å². The Bertz CT molecular complexity index is 1500. The lowest BCUT2D eigenvalue weighted by atomic mass is 9.57. The van der Waals surface area contributed by atoms with Crippen LogP contribution in [0.5, 0.6) is 0 Å². The fourth-order valence-electron chi connectivity index (χ4n) is 7.01. The Morgan fingerprint density at radius 2 is 1.68 bits per heavy atom. The van der Waals surface area contributed by atoms with Crippen molar-refractivity contribution < 1.29 is 33.1 Å². The highest BCUT2D eigenvalue weighted by atomic mass is 35.5. The average Bonchev–Trinajstić information content (AvgIpc) is 3.51. The second-order valence-electron chi connectivity index (χ2n) is 11.9. The fourth-order valence-corrected chi connectivity index (χ4v) is 7.92. The minimum absolute atomic E-state index is 0.0981. The van der Waals surface area contributed by atoms with Crippen LogP contribution in [-0.4, -0.2) is 48.9 Å². The summed E-state index contributed by atoms with van der Waals surface area (Å²) in [5, 5.41) is 9.67. The minimum Gasteiger partial charge on any atom is -0.463 e. The Balaban J connectivity index is 1.54. The Hall–Kier alpha value is -3.01. The second-order valence-corrected chi connectivity index (χ2v) is 13.1. The molecule has 0 radical (unpaired) electrons. The molecule has 2 saturated heterocycles. The van der Waals surface area contributed by atoms with E-state index in [1.807, 2.05) is 6.08 Å². The van der Waals surface area contributed by atoms with Crippen molar-refractivity contribution in [2.75, 3.05) is 4.90 Å². The molecule has 40 heavy (non-hydrogen) atoms. The fraction of sp³-hybridized carbons (Fsp3) is 0.448. The van der Waals surface area contributed by atoms with E-state index in [-0.39, 0.29) is 41.9 Å². The zero-order valence-corrected chi connectivity index (χ0v) is 23.5. The molecule has 1 saturated carbocycles. The van der Waals surface area contributed by atoms with Gasteiger partial charge in [-0.3, -0.25) is 24.1 Å². The molecule has 1 aromatic heterocycles. The number of likely N-dealkylation sites (tertiary alicyclic amines) is 1. The van der Waals surface area contributed by atoms with Crippen molar-refractivity contribution in [3.05, 3.63) is 65.4 Å². The summed E-state index contributed by atoms with van der Waals surface area (Å²) in [6, 6.07) is 7.91. The highest BCUT2D eigenvalue weighted by Gasteiger charge is 2.77. The van der Waals surface area contributed by atoms with Gasteiger partial charge in [-0.1, -0.05) is 11.6 Å². The van der Waals surface area contributed by atoms with Crippen molar-refractivity contribution >= 4 is 52.5 Å². The topological polar surface area (TPSA) is 108 Å². The molecule has 210 valence electrons. The van der Waals surface area contributed by atoms with Crippen LogP contribution in [0.15, 0.2) is 52.5 Å². The van der Waals surface area contributed by atoms with Gasteiger partial charge >= 0.3 is 0 Å². The van der Waals surface area contributed by atoms with Gasteiger partial charge in [0.2, 0.25) is 11.8 Å². The van der Waals surface area contributed by atoms with Crippen molar-refractivity contribution in [3.63, 3.8) is 0 Å². The smallest absolute Gasteiger partial charge is 0.258 e. The number of fused-ring (bicyclic) bond motifs is 4. The third-order valence-electron chi connectivity index (χ3n) is 8.69. The summed E-state index contributed by atoms with van der Waals surface area (Å²) in [6.07, 6.45) is 1.88. The molecule has 4 amide bonds. The molecule has 0 unspecified atom stereocenters. The number of amides is 4. The van der Waals surface area contributed by atoms with Crippen LogP contribution in [0.3, 0.4) is 0 Å². The summed E-state index contributed by atoms with van der Waals surface area (Å²) in [7, 11) is 0. The summed E-state index contributed by atoms with van der Waals surface area (Å²) in [6.45, 7) is 4.93. The van der Waals surface area contributed by atoms with Gasteiger partial charge in [0.1, 0.15) is 23.9 Å². The number of anilines is 1. The molecule has 4 aliphatic rings. The van der Waals surface area contributed by atoms with E-state index in [1.165, 1.54) is 23.1 Å². The maximum absolute atomic E-state index is 14.2. The average molecular weight is 589 g/mol. The SMILES string of the molecule is CC(C)(C)N1C(=O)[C@H]2[C@H](CC=C3[C@H]2C[C@@]2(Cl)C(=O)N(c4ccc(F)cc4)C(=O)[C@@]2(Cl)[C@H]3c2ccc(CO)o2)C1=O. The van der Waals surface area contributed by atoms with Gasteiger partial charge in [-0.15, -0.1) is 23.2 Å². The molecule has 1 aromatic carbocycles. The molecule has 2 aromatic rings. The summed E-state index contributed by atoms with van der Waals surface area (Å²) in [4.78, 5) is 53.5. The number of hydrogen-bond acceptors (Lipinski definition) is 6. The molecule has 6 rings (SSSR count). The maximum Gasteiger partial charge on any atom is 0.258 e. The van der Waals surface area contributed by atoms with Crippen LogP contribution in [0, 0.1) is 23.6 Å². The molecular formula is C29H27Cl2FN2O6. The lowest BCUT2D eigenvalue weighted by Gasteiger charge is -2.49. The van der Waals surface area contributed by atoms with Gasteiger partial charge in [0.15, 0.2) is 9.75 Å². The van der Waals surface area contributed by atoms with E-state index < -0.39 is 63.2 Å². The molecule has 0 bridgehead atoms. The van der Waals surface area contributed by atoms with Crippen LogP contribution in [0.2, 0.25) is 0 Å². The molecule has 3 fully saturated rings. The van der Waals surface area contributed by atoms with Crippen molar-refractivity contribution in [1.82, 2.24) is 4.90 Å². The van der Waals surface area contributed by atoms with Crippen molar-refractivity contribution in [2.45, 2.75) is 61.4 Å². The molecule has 11 heteroatoms. The number of carbonyl (C=O) groups is 4. The number of benzene rings is 1. The summed E-state index contributed by atoms with van der Waals surface area (Å²) >= 11 is 14.5. The molecule has 1 N–H and O–H groups in total. The van der Waals surface area contributed by atoms with Crippen LogP contribution in [0.4, 0.5) is 10.1 Å².